The minimum Gasteiger partial charge on any atom is -0.379 e. The van der Waals surface area contributed by atoms with Gasteiger partial charge in [-0.25, -0.2) is 0 Å². The Balaban J connectivity index is 2.17. The molecule has 1 aliphatic rings. The topological polar surface area (TPSA) is 53.6 Å². The Morgan fingerprint density at radius 1 is 1.26 bits per heavy atom. The third-order valence-electron chi connectivity index (χ3n) is 3.41. The van der Waals surface area contributed by atoms with Gasteiger partial charge in [-0.3, -0.25) is 4.79 Å². The molecule has 112 valence electrons. The van der Waals surface area contributed by atoms with Gasteiger partial charge >= 0.3 is 0 Å². The number of rotatable bonds is 9. The third-order valence-corrected chi connectivity index (χ3v) is 3.41. The maximum atomic E-state index is 12.1. The summed E-state index contributed by atoms with van der Waals surface area (Å²) in [4.78, 5) is 14.2. The largest absolute Gasteiger partial charge is 0.379 e. The number of nitrogens with one attached hydrogen (secondary N) is 2. The second-order valence-corrected chi connectivity index (χ2v) is 5.51. The summed E-state index contributed by atoms with van der Waals surface area (Å²) in [7, 11) is 4.14. The number of hydrogen-bond acceptors (Lipinski definition) is 4. The zero-order valence-corrected chi connectivity index (χ0v) is 12.6. The highest BCUT2D eigenvalue weighted by Crippen LogP contribution is 2.13. The van der Waals surface area contributed by atoms with Crippen molar-refractivity contribution in [1.29, 1.82) is 0 Å². The van der Waals surface area contributed by atoms with E-state index >= 15 is 0 Å². The minimum atomic E-state index is -0.0274. The van der Waals surface area contributed by atoms with Gasteiger partial charge in [-0.05, 0) is 46.4 Å². The molecule has 0 saturated carbocycles. The van der Waals surface area contributed by atoms with Crippen LogP contribution in [0.4, 0.5) is 0 Å². The molecule has 2 N–H and O–H groups in total. The molecule has 0 aromatic carbocycles. The van der Waals surface area contributed by atoms with E-state index in [1.807, 2.05) is 0 Å². The van der Waals surface area contributed by atoms with E-state index in [0.717, 1.165) is 38.9 Å². The number of ether oxygens (including phenoxy) is 1. The first-order valence-electron chi connectivity index (χ1n) is 7.38. The standard InChI is InChI=1S/C14H29N3O2/c1-4-7-15-13-11-19-10-12(13)14(18)16-8-5-6-9-17(2)3/h12-13,15H,4-11H2,1-3H3,(H,16,18). The quantitative estimate of drug-likeness (QED) is 0.598. The van der Waals surface area contributed by atoms with Crippen LogP contribution in [0, 0.1) is 5.92 Å². The second-order valence-electron chi connectivity index (χ2n) is 5.51. The summed E-state index contributed by atoms with van der Waals surface area (Å²) in [6.45, 7) is 6.11. The van der Waals surface area contributed by atoms with Gasteiger partial charge < -0.3 is 20.3 Å². The molecule has 0 aromatic rings. The van der Waals surface area contributed by atoms with Gasteiger partial charge in [0, 0.05) is 12.6 Å². The summed E-state index contributed by atoms with van der Waals surface area (Å²) in [5, 5.41) is 6.41. The average Bonchev–Trinajstić information content (AvgIpc) is 2.83. The normalized spacial score (nSPS) is 22.9. The molecule has 0 spiro atoms. The lowest BCUT2D eigenvalue weighted by Gasteiger charge is -2.18. The lowest BCUT2D eigenvalue weighted by Crippen LogP contribution is -2.44. The Hall–Kier alpha value is -0.650. The number of hydrogen-bond donors (Lipinski definition) is 2. The highest BCUT2D eigenvalue weighted by atomic mass is 16.5. The highest BCUT2D eigenvalue weighted by Gasteiger charge is 2.33. The van der Waals surface area contributed by atoms with Crippen molar-refractivity contribution in [2.75, 3.05) is 46.9 Å². The Kier molecular flexibility index (Phi) is 8.02. The predicted octanol–water partition coefficient (Wildman–Crippen LogP) is 0.459. The van der Waals surface area contributed by atoms with Crippen LogP contribution < -0.4 is 10.6 Å². The van der Waals surface area contributed by atoms with Crippen LogP contribution in [0.5, 0.6) is 0 Å². The van der Waals surface area contributed by atoms with Crippen molar-refractivity contribution in [3.05, 3.63) is 0 Å². The zero-order valence-electron chi connectivity index (χ0n) is 12.6. The SMILES string of the molecule is CCCNC1COCC1C(=O)NCCCCN(C)C. The van der Waals surface area contributed by atoms with Crippen LogP contribution in [0.3, 0.4) is 0 Å². The molecule has 5 heteroatoms. The first-order valence-corrected chi connectivity index (χ1v) is 7.38. The van der Waals surface area contributed by atoms with Gasteiger partial charge in [-0.15, -0.1) is 0 Å². The van der Waals surface area contributed by atoms with Crippen molar-refractivity contribution < 1.29 is 9.53 Å². The van der Waals surface area contributed by atoms with Crippen molar-refractivity contribution in [2.24, 2.45) is 5.92 Å². The van der Waals surface area contributed by atoms with Crippen LogP contribution >= 0.6 is 0 Å². The van der Waals surface area contributed by atoms with Crippen LogP contribution in [0.1, 0.15) is 26.2 Å². The fraction of sp³-hybridized carbons (Fsp3) is 0.929. The molecular weight excluding hydrogens is 242 g/mol. The van der Waals surface area contributed by atoms with E-state index in [1.165, 1.54) is 0 Å². The van der Waals surface area contributed by atoms with Gasteiger partial charge in [-0.2, -0.15) is 0 Å². The molecule has 2 atom stereocenters. The summed E-state index contributed by atoms with van der Waals surface area (Å²) < 4.78 is 5.42. The number of nitrogens with zero attached hydrogens (tertiary/aromatic N) is 1. The summed E-state index contributed by atoms with van der Waals surface area (Å²) in [6, 6.07) is 0.182. The Morgan fingerprint density at radius 3 is 2.74 bits per heavy atom. The lowest BCUT2D eigenvalue weighted by molar-refractivity contribution is -0.125. The molecule has 1 saturated heterocycles. The van der Waals surface area contributed by atoms with Gasteiger partial charge in [0.25, 0.3) is 0 Å². The van der Waals surface area contributed by atoms with Crippen molar-refractivity contribution in [3.8, 4) is 0 Å². The van der Waals surface area contributed by atoms with E-state index in [-0.39, 0.29) is 17.9 Å². The van der Waals surface area contributed by atoms with E-state index in [4.69, 9.17) is 4.74 Å². The van der Waals surface area contributed by atoms with Crippen molar-refractivity contribution >= 4 is 5.91 Å². The molecule has 5 nitrogen and oxygen atoms in total. The molecule has 1 rings (SSSR count). The van der Waals surface area contributed by atoms with Crippen LogP contribution in [0.25, 0.3) is 0 Å². The Morgan fingerprint density at radius 2 is 2.05 bits per heavy atom. The van der Waals surface area contributed by atoms with Crippen molar-refractivity contribution in [2.45, 2.75) is 32.2 Å². The second kappa shape index (κ2) is 9.28. The molecule has 1 amide bonds. The number of carbonyl (C=O) groups is 1. The summed E-state index contributed by atoms with van der Waals surface area (Å²) in [6.07, 6.45) is 3.23. The van der Waals surface area contributed by atoms with Gasteiger partial charge in [-0.1, -0.05) is 6.92 Å². The monoisotopic (exact) mass is 271 g/mol. The fourth-order valence-corrected chi connectivity index (χ4v) is 2.24. The number of carbonyl (C=O) groups excluding carboxylic acids is 1. The van der Waals surface area contributed by atoms with E-state index < -0.39 is 0 Å². The van der Waals surface area contributed by atoms with E-state index in [2.05, 4.69) is 36.6 Å². The van der Waals surface area contributed by atoms with Gasteiger partial charge in [0.2, 0.25) is 5.91 Å². The van der Waals surface area contributed by atoms with Crippen LogP contribution in [-0.4, -0.2) is 63.8 Å². The molecule has 0 aromatic heterocycles. The highest BCUT2D eigenvalue weighted by molar-refractivity contribution is 5.79. The molecule has 1 aliphatic heterocycles. The van der Waals surface area contributed by atoms with Crippen LogP contribution in [0.2, 0.25) is 0 Å². The maximum absolute atomic E-state index is 12.1. The molecule has 0 aliphatic carbocycles. The summed E-state index contributed by atoms with van der Waals surface area (Å²) >= 11 is 0. The van der Waals surface area contributed by atoms with Gasteiger partial charge in [0.15, 0.2) is 0 Å². The van der Waals surface area contributed by atoms with Crippen molar-refractivity contribution in [1.82, 2.24) is 15.5 Å². The first-order chi connectivity index (χ1) is 9.15. The van der Waals surface area contributed by atoms with Gasteiger partial charge in [0.1, 0.15) is 0 Å². The van der Waals surface area contributed by atoms with E-state index in [0.29, 0.717) is 13.2 Å². The molecule has 1 fully saturated rings. The maximum Gasteiger partial charge on any atom is 0.227 e. The predicted molar refractivity (Wildman–Crippen MR) is 77.2 cm³/mol. The number of amides is 1. The zero-order chi connectivity index (χ0) is 14.1. The average molecular weight is 271 g/mol. The smallest absolute Gasteiger partial charge is 0.227 e. The third kappa shape index (κ3) is 6.36. The van der Waals surface area contributed by atoms with Crippen molar-refractivity contribution in [3.63, 3.8) is 0 Å². The minimum absolute atomic E-state index is 0.0274. The number of unbranched alkanes of at least 4 members (excludes halogenated alkanes) is 1. The molecular formula is C14H29N3O2. The summed E-state index contributed by atoms with van der Waals surface area (Å²) in [5.41, 5.74) is 0. The summed E-state index contributed by atoms with van der Waals surface area (Å²) in [5.74, 6) is 0.108. The first kappa shape index (κ1) is 16.4. The van der Waals surface area contributed by atoms with Gasteiger partial charge in [0.05, 0.1) is 19.1 Å². The fourth-order valence-electron chi connectivity index (χ4n) is 2.24. The molecule has 0 radical (unpaired) electrons. The molecule has 2 unspecified atom stereocenters. The van der Waals surface area contributed by atoms with E-state index in [9.17, 15) is 4.79 Å². The molecule has 19 heavy (non-hydrogen) atoms. The van der Waals surface area contributed by atoms with Crippen LogP contribution in [-0.2, 0) is 9.53 Å². The van der Waals surface area contributed by atoms with E-state index in [1.54, 1.807) is 0 Å². The van der Waals surface area contributed by atoms with Crippen LogP contribution in [0.15, 0.2) is 0 Å². The Bertz CT molecular complexity index is 259. The molecule has 1 heterocycles. The molecule has 0 bridgehead atoms. The Labute approximate surface area is 117 Å². The lowest BCUT2D eigenvalue weighted by atomic mass is 10.0.